The fraction of sp³-hybridized carbons (Fsp3) is 0.640. The van der Waals surface area contributed by atoms with Crippen LogP contribution in [0.3, 0.4) is 0 Å². The summed E-state index contributed by atoms with van der Waals surface area (Å²) < 4.78 is 6.04. The zero-order chi connectivity index (χ0) is 19.9. The summed E-state index contributed by atoms with van der Waals surface area (Å²) in [5.74, 6) is 1.01. The minimum absolute atomic E-state index is 0.0904. The summed E-state index contributed by atoms with van der Waals surface area (Å²) in [6.45, 7) is 6.94. The number of aliphatic hydroxyl groups is 1. The number of Topliss-reactive ketones (excluding diaryl/α,β-unsaturated/α-hetero) is 1. The van der Waals surface area contributed by atoms with Crippen molar-refractivity contribution in [1.29, 1.82) is 0 Å². The van der Waals surface area contributed by atoms with Gasteiger partial charge in [-0.1, -0.05) is 62.2 Å². The Bertz CT molecular complexity index is 735. The molecule has 2 bridgehead atoms. The second kappa shape index (κ2) is 7.42. The first-order valence-corrected chi connectivity index (χ1v) is 10.9. The molecular weight excluding hydrogens is 348 g/mol. The zero-order valence-corrected chi connectivity index (χ0v) is 17.3. The van der Waals surface area contributed by atoms with E-state index in [0.29, 0.717) is 18.1 Å². The molecule has 5 atom stereocenters. The van der Waals surface area contributed by atoms with Crippen molar-refractivity contribution < 1.29 is 14.6 Å². The summed E-state index contributed by atoms with van der Waals surface area (Å²) in [6.07, 6.45) is 6.73. The fourth-order valence-corrected chi connectivity index (χ4v) is 7.16. The number of ketones is 1. The van der Waals surface area contributed by atoms with Crippen LogP contribution in [0, 0.1) is 28.6 Å². The van der Waals surface area contributed by atoms with Crippen LogP contribution in [0.15, 0.2) is 42.5 Å². The van der Waals surface area contributed by atoms with Gasteiger partial charge >= 0.3 is 0 Å². The minimum atomic E-state index is -0.541. The molecular formula is C25H34O3. The van der Waals surface area contributed by atoms with Crippen molar-refractivity contribution in [3.63, 3.8) is 0 Å². The van der Waals surface area contributed by atoms with Crippen LogP contribution in [0.2, 0.25) is 0 Å². The monoisotopic (exact) mass is 382 g/mol. The van der Waals surface area contributed by atoms with Gasteiger partial charge in [-0.05, 0) is 43.1 Å². The Morgan fingerprint density at radius 3 is 2.54 bits per heavy atom. The molecule has 0 heterocycles. The highest BCUT2D eigenvalue weighted by molar-refractivity contribution is 5.89. The summed E-state index contributed by atoms with van der Waals surface area (Å²) in [5.41, 5.74) is 1.62. The normalized spacial score (nSPS) is 37.7. The van der Waals surface area contributed by atoms with Crippen LogP contribution in [0.5, 0.6) is 0 Å². The van der Waals surface area contributed by atoms with Gasteiger partial charge in [0.2, 0.25) is 0 Å². The number of carbonyl (C=O) groups is 1. The van der Waals surface area contributed by atoms with Crippen LogP contribution in [0.4, 0.5) is 0 Å². The number of hydrogen-bond acceptors (Lipinski definition) is 3. The Morgan fingerprint density at radius 1 is 1.25 bits per heavy atom. The van der Waals surface area contributed by atoms with Crippen LogP contribution in [-0.4, -0.2) is 30.7 Å². The standard InChI is InChI=1S/C25H34O3/c1-17-22-19(16-26)15-25(23(22)28-3,24(17,2)20-11-7-8-12-20)21(27)14-13-18-9-5-4-6-10-18/h4-6,9-10,19-20,22-23,26H,1,7-8,11-16H2,2-3H3. The molecule has 1 aromatic carbocycles. The van der Waals surface area contributed by atoms with E-state index in [4.69, 9.17) is 4.74 Å². The number of fused-ring (bicyclic) bond motifs is 2. The maximum atomic E-state index is 13.9. The Kier molecular flexibility index (Phi) is 5.26. The molecule has 0 aromatic heterocycles. The lowest BCUT2D eigenvalue weighted by atomic mass is 9.52. The van der Waals surface area contributed by atoms with Crippen molar-refractivity contribution in [3.05, 3.63) is 48.0 Å². The molecule has 1 aromatic rings. The molecule has 3 aliphatic rings. The summed E-state index contributed by atoms with van der Waals surface area (Å²) >= 11 is 0. The SMILES string of the molecule is C=C1C2C(CO)CC(C(=O)CCc3ccccc3)(C2OC)C1(C)C1CCCC1. The van der Waals surface area contributed by atoms with Crippen LogP contribution < -0.4 is 0 Å². The van der Waals surface area contributed by atoms with Crippen molar-refractivity contribution >= 4 is 5.78 Å². The predicted octanol–water partition coefficient (Wildman–Crippen LogP) is 4.58. The summed E-state index contributed by atoms with van der Waals surface area (Å²) in [7, 11) is 1.74. The molecule has 0 amide bonds. The highest BCUT2D eigenvalue weighted by Gasteiger charge is 2.74. The van der Waals surface area contributed by atoms with E-state index >= 15 is 0 Å². The molecule has 4 rings (SSSR count). The summed E-state index contributed by atoms with van der Waals surface area (Å²) in [4.78, 5) is 13.9. The molecule has 3 nitrogen and oxygen atoms in total. The van der Waals surface area contributed by atoms with Gasteiger partial charge in [-0.25, -0.2) is 0 Å². The molecule has 0 radical (unpaired) electrons. The van der Waals surface area contributed by atoms with Gasteiger partial charge in [0.25, 0.3) is 0 Å². The molecule has 28 heavy (non-hydrogen) atoms. The molecule has 0 spiro atoms. The number of aliphatic hydroxyl groups excluding tert-OH is 1. The zero-order valence-electron chi connectivity index (χ0n) is 17.3. The van der Waals surface area contributed by atoms with Crippen molar-refractivity contribution in [1.82, 2.24) is 0 Å². The van der Waals surface area contributed by atoms with Crippen molar-refractivity contribution in [2.24, 2.45) is 28.6 Å². The van der Waals surface area contributed by atoms with Gasteiger partial charge in [0, 0.05) is 31.5 Å². The van der Waals surface area contributed by atoms with Gasteiger partial charge < -0.3 is 9.84 Å². The van der Waals surface area contributed by atoms with Crippen molar-refractivity contribution in [2.75, 3.05) is 13.7 Å². The van der Waals surface area contributed by atoms with Gasteiger partial charge in [0.1, 0.15) is 5.78 Å². The van der Waals surface area contributed by atoms with E-state index in [0.717, 1.165) is 12.8 Å². The smallest absolute Gasteiger partial charge is 0.142 e. The summed E-state index contributed by atoms with van der Waals surface area (Å²) in [6, 6.07) is 10.3. The highest BCUT2D eigenvalue weighted by Crippen LogP contribution is 2.73. The Morgan fingerprint density at radius 2 is 1.93 bits per heavy atom. The van der Waals surface area contributed by atoms with Gasteiger partial charge in [-0.3, -0.25) is 4.79 Å². The number of hydrogen-bond donors (Lipinski definition) is 1. The Hall–Kier alpha value is -1.45. The minimum Gasteiger partial charge on any atom is -0.396 e. The van der Waals surface area contributed by atoms with E-state index < -0.39 is 5.41 Å². The number of rotatable bonds is 7. The number of benzene rings is 1. The maximum absolute atomic E-state index is 13.9. The molecule has 152 valence electrons. The first-order valence-electron chi connectivity index (χ1n) is 10.9. The van der Waals surface area contributed by atoms with E-state index in [1.807, 2.05) is 18.2 Å². The third-order valence-corrected chi connectivity index (χ3v) is 8.54. The topological polar surface area (TPSA) is 46.5 Å². The molecule has 3 saturated carbocycles. The quantitative estimate of drug-likeness (QED) is 0.702. The Balaban J connectivity index is 1.71. The number of aryl methyl sites for hydroxylation is 1. The molecule has 3 fully saturated rings. The predicted molar refractivity (Wildman–Crippen MR) is 111 cm³/mol. The first kappa shape index (κ1) is 19.8. The third kappa shape index (κ3) is 2.59. The third-order valence-electron chi connectivity index (χ3n) is 8.54. The van der Waals surface area contributed by atoms with Gasteiger partial charge in [0.05, 0.1) is 11.5 Å². The molecule has 3 aliphatic carbocycles. The van der Waals surface area contributed by atoms with Gasteiger partial charge in [0.15, 0.2) is 0 Å². The van der Waals surface area contributed by atoms with Gasteiger partial charge in [-0.2, -0.15) is 0 Å². The maximum Gasteiger partial charge on any atom is 0.142 e. The first-order chi connectivity index (χ1) is 13.5. The second-order valence-corrected chi connectivity index (χ2v) is 9.42. The van der Waals surface area contributed by atoms with Crippen molar-refractivity contribution in [2.45, 2.75) is 58.0 Å². The molecule has 1 N–H and O–H groups in total. The highest BCUT2D eigenvalue weighted by atomic mass is 16.5. The average Bonchev–Trinajstić information content (AvgIpc) is 3.41. The fourth-order valence-electron chi connectivity index (χ4n) is 7.16. The van der Waals surface area contributed by atoms with E-state index in [9.17, 15) is 9.90 Å². The van der Waals surface area contributed by atoms with E-state index in [-0.39, 0.29) is 30.0 Å². The molecule has 0 saturated heterocycles. The molecule has 5 unspecified atom stereocenters. The van der Waals surface area contributed by atoms with E-state index in [1.54, 1.807) is 7.11 Å². The second-order valence-electron chi connectivity index (χ2n) is 9.42. The number of ether oxygens (including phenoxy) is 1. The lowest BCUT2D eigenvalue weighted by Gasteiger charge is -2.50. The Labute approximate surface area is 169 Å². The van der Waals surface area contributed by atoms with Crippen LogP contribution >= 0.6 is 0 Å². The molecule has 3 heteroatoms. The summed E-state index contributed by atoms with van der Waals surface area (Å²) in [5, 5.41) is 10.1. The number of carbonyl (C=O) groups excluding carboxylic acids is 1. The molecule has 0 aliphatic heterocycles. The number of methoxy groups -OCH3 is 1. The lowest BCUT2D eigenvalue weighted by molar-refractivity contribution is -0.145. The van der Waals surface area contributed by atoms with Crippen LogP contribution in [-0.2, 0) is 16.0 Å². The van der Waals surface area contributed by atoms with Crippen molar-refractivity contribution in [3.8, 4) is 0 Å². The lowest BCUT2D eigenvalue weighted by Crippen LogP contribution is -2.52. The van der Waals surface area contributed by atoms with E-state index in [1.165, 1.54) is 36.8 Å². The van der Waals surface area contributed by atoms with Gasteiger partial charge in [-0.15, -0.1) is 0 Å². The average molecular weight is 383 g/mol. The van der Waals surface area contributed by atoms with Crippen LogP contribution in [0.1, 0.15) is 51.0 Å². The largest absolute Gasteiger partial charge is 0.396 e. The van der Waals surface area contributed by atoms with Crippen LogP contribution in [0.25, 0.3) is 0 Å². The van der Waals surface area contributed by atoms with E-state index in [2.05, 4.69) is 25.6 Å².